The fourth-order valence-electron chi connectivity index (χ4n) is 2.49. The Morgan fingerprint density at radius 2 is 1.90 bits per heavy atom. The van der Waals surface area contributed by atoms with Crippen LogP contribution in [0.2, 0.25) is 0 Å². The van der Waals surface area contributed by atoms with Gasteiger partial charge >= 0.3 is 0 Å². The molecule has 0 fully saturated rings. The van der Waals surface area contributed by atoms with Crippen molar-refractivity contribution in [2.45, 2.75) is 19.4 Å². The molecule has 0 aliphatic heterocycles. The van der Waals surface area contributed by atoms with E-state index in [-0.39, 0.29) is 11.9 Å². The van der Waals surface area contributed by atoms with Crippen LogP contribution in [0, 0.1) is 12.7 Å². The molecule has 120 valence electrons. The Balaban J connectivity index is 2.90. The Morgan fingerprint density at radius 3 is 2.52 bits per heavy atom. The average molecular weight is 298 g/mol. The van der Waals surface area contributed by atoms with Crippen molar-refractivity contribution in [2.24, 2.45) is 5.73 Å². The van der Waals surface area contributed by atoms with Gasteiger partial charge in [0.15, 0.2) is 0 Å². The molecule has 5 heteroatoms. The topological polar surface area (TPSA) is 47.7 Å². The Labute approximate surface area is 127 Å². The molecule has 1 unspecified atom stereocenters. The standard InChI is InChI=1S/C16H27FN2O2/c1-13-5-6-14(17)11-15(13)16(12-18)19(8-10-21-3)7-4-9-20-2/h5-6,11,16H,4,7-10,12,18H2,1-3H3. The van der Waals surface area contributed by atoms with Gasteiger partial charge in [0, 0.05) is 46.5 Å². The number of benzene rings is 1. The minimum absolute atomic E-state index is 0.00675. The summed E-state index contributed by atoms with van der Waals surface area (Å²) in [5, 5.41) is 0. The van der Waals surface area contributed by atoms with E-state index in [4.69, 9.17) is 15.2 Å². The van der Waals surface area contributed by atoms with E-state index in [9.17, 15) is 4.39 Å². The molecule has 0 heterocycles. The summed E-state index contributed by atoms with van der Waals surface area (Å²) in [6, 6.07) is 4.87. The maximum atomic E-state index is 13.6. The van der Waals surface area contributed by atoms with Crippen molar-refractivity contribution in [3.05, 3.63) is 35.1 Å². The molecule has 1 aromatic rings. The van der Waals surface area contributed by atoms with Crippen molar-refractivity contribution in [1.29, 1.82) is 0 Å². The van der Waals surface area contributed by atoms with E-state index in [1.807, 2.05) is 6.92 Å². The molecule has 0 aliphatic carbocycles. The van der Waals surface area contributed by atoms with Gasteiger partial charge in [0.1, 0.15) is 5.82 Å². The summed E-state index contributed by atoms with van der Waals surface area (Å²) in [6.45, 7) is 5.36. The molecule has 4 nitrogen and oxygen atoms in total. The molecule has 0 saturated heterocycles. The Kier molecular flexibility index (Phi) is 8.45. The van der Waals surface area contributed by atoms with Gasteiger partial charge in [-0.3, -0.25) is 4.90 Å². The smallest absolute Gasteiger partial charge is 0.123 e. The minimum Gasteiger partial charge on any atom is -0.385 e. The molecule has 0 aliphatic rings. The molecule has 0 saturated carbocycles. The number of nitrogens with two attached hydrogens (primary N) is 1. The monoisotopic (exact) mass is 298 g/mol. The highest BCUT2D eigenvalue weighted by molar-refractivity contribution is 5.30. The van der Waals surface area contributed by atoms with E-state index in [2.05, 4.69) is 4.90 Å². The van der Waals surface area contributed by atoms with Crippen LogP contribution >= 0.6 is 0 Å². The van der Waals surface area contributed by atoms with Crippen LogP contribution in [-0.4, -0.2) is 52.0 Å². The number of hydrogen-bond donors (Lipinski definition) is 1. The summed E-state index contributed by atoms with van der Waals surface area (Å²) in [5.41, 5.74) is 7.97. The third-order valence-electron chi connectivity index (χ3n) is 3.64. The SMILES string of the molecule is COCCCN(CCOC)C(CN)c1cc(F)ccc1C. The van der Waals surface area contributed by atoms with Crippen molar-refractivity contribution < 1.29 is 13.9 Å². The van der Waals surface area contributed by atoms with Crippen molar-refractivity contribution in [1.82, 2.24) is 4.90 Å². The molecule has 0 spiro atoms. The van der Waals surface area contributed by atoms with Gasteiger partial charge < -0.3 is 15.2 Å². The van der Waals surface area contributed by atoms with Crippen LogP contribution in [0.1, 0.15) is 23.6 Å². The summed E-state index contributed by atoms with van der Waals surface area (Å²) in [5.74, 6) is -0.224. The van der Waals surface area contributed by atoms with Gasteiger partial charge in [-0.05, 0) is 36.6 Å². The fourth-order valence-corrected chi connectivity index (χ4v) is 2.49. The molecular formula is C16H27FN2O2. The van der Waals surface area contributed by atoms with Gasteiger partial charge in [0.2, 0.25) is 0 Å². The largest absolute Gasteiger partial charge is 0.385 e. The second-order valence-corrected chi connectivity index (χ2v) is 5.13. The quantitative estimate of drug-likeness (QED) is 0.672. The van der Waals surface area contributed by atoms with Gasteiger partial charge in [0.05, 0.1) is 6.61 Å². The van der Waals surface area contributed by atoms with Gasteiger partial charge in [0.25, 0.3) is 0 Å². The van der Waals surface area contributed by atoms with Crippen LogP contribution in [0.4, 0.5) is 4.39 Å². The average Bonchev–Trinajstić information content (AvgIpc) is 2.48. The van der Waals surface area contributed by atoms with Crippen LogP contribution in [0.3, 0.4) is 0 Å². The lowest BCUT2D eigenvalue weighted by Gasteiger charge is -2.32. The molecule has 21 heavy (non-hydrogen) atoms. The Hall–Kier alpha value is -1.01. The zero-order valence-electron chi connectivity index (χ0n) is 13.3. The van der Waals surface area contributed by atoms with E-state index in [1.54, 1.807) is 26.4 Å². The number of hydrogen-bond acceptors (Lipinski definition) is 4. The molecule has 0 amide bonds. The summed E-state index contributed by atoms with van der Waals surface area (Å²) in [7, 11) is 3.37. The van der Waals surface area contributed by atoms with Gasteiger partial charge in [-0.15, -0.1) is 0 Å². The lowest BCUT2D eigenvalue weighted by atomic mass is 9.99. The van der Waals surface area contributed by atoms with Crippen LogP contribution in [-0.2, 0) is 9.47 Å². The Morgan fingerprint density at radius 1 is 1.19 bits per heavy atom. The number of aryl methyl sites for hydroxylation is 1. The maximum absolute atomic E-state index is 13.6. The van der Waals surface area contributed by atoms with Crippen molar-refractivity contribution in [3.63, 3.8) is 0 Å². The zero-order valence-corrected chi connectivity index (χ0v) is 13.3. The molecule has 1 rings (SSSR count). The van der Waals surface area contributed by atoms with E-state index in [1.165, 1.54) is 6.07 Å². The third-order valence-corrected chi connectivity index (χ3v) is 3.64. The second-order valence-electron chi connectivity index (χ2n) is 5.13. The normalized spacial score (nSPS) is 12.9. The molecular weight excluding hydrogens is 271 g/mol. The highest BCUT2D eigenvalue weighted by Gasteiger charge is 2.20. The summed E-state index contributed by atoms with van der Waals surface area (Å²) >= 11 is 0. The summed E-state index contributed by atoms with van der Waals surface area (Å²) in [6.07, 6.45) is 0.908. The van der Waals surface area contributed by atoms with Gasteiger partial charge in [-0.2, -0.15) is 0 Å². The number of methoxy groups -OCH3 is 2. The molecule has 0 aromatic heterocycles. The summed E-state index contributed by atoms with van der Waals surface area (Å²) in [4.78, 5) is 2.24. The summed E-state index contributed by atoms with van der Waals surface area (Å²) < 4.78 is 23.8. The molecule has 2 N–H and O–H groups in total. The van der Waals surface area contributed by atoms with E-state index >= 15 is 0 Å². The van der Waals surface area contributed by atoms with Gasteiger partial charge in [-0.1, -0.05) is 6.07 Å². The molecule has 0 bridgehead atoms. The first-order chi connectivity index (χ1) is 10.1. The lowest BCUT2D eigenvalue weighted by molar-refractivity contribution is 0.108. The fraction of sp³-hybridized carbons (Fsp3) is 0.625. The first-order valence-electron chi connectivity index (χ1n) is 7.32. The number of nitrogens with zero attached hydrogens (tertiary/aromatic N) is 1. The van der Waals surface area contributed by atoms with E-state index < -0.39 is 0 Å². The predicted molar refractivity (Wildman–Crippen MR) is 82.9 cm³/mol. The van der Waals surface area contributed by atoms with Crippen molar-refractivity contribution >= 4 is 0 Å². The van der Waals surface area contributed by atoms with E-state index in [0.717, 1.165) is 30.6 Å². The zero-order chi connectivity index (χ0) is 15.7. The first-order valence-corrected chi connectivity index (χ1v) is 7.32. The molecule has 1 aromatic carbocycles. The second kappa shape index (κ2) is 9.84. The van der Waals surface area contributed by atoms with E-state index in [0.29, 0.717) is 19.8 Å². The molecule has 1 atom stereocenters. The van der Waals surface area contributed by atoms with Gasteiger partial charge in [-0.25, -0.2) is 4.39 Å². The lowest BCUT2D eigenvalue weighted by Crippen LogP contribution is -2.37. The molecule has 0 radical (unpaired) electrons. The Bertz CT molecular complexity index is 415. The maximum Gasteiger partial charge on any atom is 0.123 e. The minimum atomic E-state index is -0.224. The van der Waals surface area contributed by atoms with Crippen LogP contribution < -0.4 is 5.73 Å². The number of rotatable bonds is 10. The number of halogens is 1. The van der Waals surface area contributed by atoms with Crippen molar-refractivity contribution in [2.75, 3.05) is 47.1 Å². The third kappa shape index (κ3) is 5.71. The van der Waals surface area contributed by atoms with Crippen LogP contribution in [0.5, 0.6) is 0 Å². The van der Waals surface area contributed by atoms with Crippen molar-refractivity contribution in [3.8, 4) is 0 Å². The first kappa shape index (κ1) is 18.0. The highest BCUT2D eigenvalue weighted by Crippen LogP contribution is 2.24. The highest BCUT2D eigenvalue weighted by atomic mass is 19.1. The number of ether oxygens (including phenoxy) is 2. The van der Waals surface area contributed by atoms with Crippen LogP contribution in [0.25, 0.3) is 0 Å². The van der Waals surface area contributed by atoms with Crippen LogP contribution in [0.15, 0.2) is 18.2 Å². The predicted octanol–water partition coefficient (Wildman–Crippen LogP) is 2.12.